The van der Waals surface area contributed by atoms with Crippen molar-refractivity contribution in [1.82, 2.24) is 24.5 Å². The Morgan fingerprint density at radius 3 is 2.75 bits per heavy atom. The fourth-order valence-corrected chi connectivity index (χ4v) is 3.88. The van der Waals surface area contributed by atoms with Crippen LogP contribution in [-0.4, -0.2) is 37.6 Å². The lowest BCUT2D eigenvalue weighted by Gasteiger charge is -2.04. The predicted molar refractivity (Wildman–Crippen MR) is 109 cm³/mol. The summed E-state index contributed by atoms with van der Waals surface area (Å²) >= 11 is 1.49. The topological polar surface area (TPSA) is 86.9 Å². The van der Waals surface area contributed by atoms with E-state index in [2.05, 4.69) is 20.5 Å². The standard InChI is InChI=1S/C19H20N6O2S/c1-5-24-12(3)9-15(23-24)18(26)21-17-8-11(2)22-25(17)19-20-14-10-13(27-4)6-7-16(14)28-19/h6-10H,5H2,1-4H3,(H,21,26). The van der Waals surface area contributed by atoms with Crippen LogP contribution in [0, 0.1) is 13.8 Å². The number of fused-ring (bicyclic) bond motifs is 1. The van der Waals surface area contributed by atoms with Crippen molar-refractivity contribution in [3.63, 3.8) is 0 Å². The van der Waals surface area contributed by atoms with Gasteiger partial charge in [-0.3, -0.25) is 9.48 Å². The first kappa shape index (κ1) is 18.2. The SMILES string of the molecule is CCn1nc(C(=O)Nc2cc(C)nn2-c2nc3cc(OC)ccc3s2)cc1C. The zero-order valence-electron chi connectivity index (χ0n) is 16.1. The predicted octanol–water partition coefficient (Wildman–Crippen LogP) is 3.58. The van der Waals surface area contributed by atoms with Gasteiger partial charge < -0.3 is 10.1 Å². The second-order valence-electron chi connectivity index (χ2n) is 6.35. The van der Waals surface area contributed by atoms with Gasteiger partial charge in [0.15, 0.2) is 5.69 Å². The zero-order chi connectivity index (χ0) is 19.8. The number of hydrogen-bond acceptors (Lipinski definition) is 6. The summed E-state index contributed by atoms with van der Waals surface area (Å²) in [5.41, 5.74) is 2.92. The molecule has 144 valence electrons. The van der Waals surface area contributed by atoms with Crippen molar-refractivity contribution in [1.29, 1.82) is 0 Å². The Bertz CT molecular complexity index is 1170. The summed E-state index contributed by atoms with van der Waals surface area (Å²) in [6.45, 7) is 6.50. The summed E-state index contributed by atoms with van der Waals surface area (Å²) in [7, 11) is 1.63. The summed E-state index contributed by atoms with van der Waals surface area (Å²) in [4.78, 5) is 17.3. The highest BCUT2D eigenvalue weighted by Crippen LogP contribution is 2.29. The lowest BCUT2D eigenvalue weighted by molar-refractivity contribution is 0.102. The molecule has 0 bridgehead atoms. The van der Waals surface area contributed by atoms with Gasteiger partial charge in [0.1, 0.15) is 11.6 Å². The maximum atomic E-state index is 12.7. The molecule has 28 heavy (non-hydrogen) atoms. The van der Waals surface area contributed by atoms with Crippen LogP contribution in [0.25, 0.3) is 15.3 Å². The van der Waals surface area contributed by atoms with Crippen molar-refractivity contribution in [2.75, 3.05) is 12.4 Å². The van der Waals surface area contributed by atoms with Gasteiger partial charge in [-0.25, -0.2) is 4.98 Å². The molecule has 0 spiro atoms. The number of amides is 1. The summed E-state index contributed by atoms with van der Waals surface area (Å²) in [5, 5.41) is 12.4. The van der Waals surface area contributed by atoms with Crippen LogP contribution in [0.2, 0.25) is 0 Å². The number of anilines is 1. The second-order valence-corrected chi connectivity index (χ2v) is 7.36. The monoisotopic (exact) mass is 396 g/mol. The molecular formula is C19H20N6O2S. The molecule has 0 aliphatic rings. The number of ether oxygens (including phenoxy) is 1. The first-order chi connectivity index (χ1) is 13.5. The number of hydrogen-bond donors (Lipinski definition) is 1. The number of carbonyl (C=O) groups is 1. The molecule has 0 unspecified atom stereocenters. The Kier molecular flexibility index (Phi) is 4.60. The molecule has 0 fully saturated rings. The highest BCUT2D eigenvalue weighted by Gasteiger charge is 2.18. The van der Waals surface area contributed by atoms with E-state index in [0.29, 0.717) is 23.2 Å². The number of nitrogens with one attached hydrogen (secondary N) is 1. The Labute approximate surface area is 165 Å². The molecule has 0 radical (unpaired) electrons. The number of thiazole rings is 1. The quantitative estimate of drug-likeness (QED) is 0.557. The van der Waals surface area contributed by atoms with E-state index in [1.165, 1.54) is 11.3 Å². The molecule has 3 heterocycles. The minimum atomic E-state index is -0.278. The van der Waals surface area contributed by atoms with Crippen molar-refractivity contribution in [2.45, 2.75) is 27.3 Å². The fourth-order valence-electron chi connectivity index (χ4n) is 2.97. The molecule has 0 atom stereocenters. The van der Waals surface area contributed by atoms with E-state index in [-0.39, 0.29) is 5.91 Å². The van der Waals surface area contributed by atoms with E-state index in [4.69, 9.17) is 4.74 Å². The Morgan fingerprint density at radius 2 is 2.04 bits per heavy atom. The number of carbonyl (C=O) groups excluding carboxylic acids is 1. The molecule has 1 N–H and O–H groups in total. The number of methoxy groups -OCH3 is 1. The molecular weight excluding hydrogens is 376 g/mol. The van der Waals surface area contributed by atoms with Crippen molar-refractivity contribution in [3.05, 3.63) is 47.4 Å². The van der Waals surface area contributed by atoms with Crippen LogP contribution < -0.4 is 10.1 Å². The molecule has 4 aromatic rings. The minimum absolute atomic E-state index is 0.278. The molecule has 3 aromatic heterocycles. The van der Waals surface area contributed by atoms with Crippen LogP contribution in [0.5, 0.6) is 5.75 Å². The number of nitrogens with zero attached hydrogens (tertiary/aromatic N) is 5. The van der Waals surface area contributed by atoms with E-state index in [9.17, 15) is 4.79 Å². The summed E-state index contributed by atoms with van der Waals surface area (Å²) < 4.78 is 9.71. The number of benzene rings is 1. The normalized spacial score (nSPS) is 11.1. The largest absolute Gasteiger partial charge is 0.497 e. The average molecular weight is 396 g/mol. The smallest absolute Gasteiger partial charge is 0.277 e. The van der Waals surface area contributed by atoms with E-state index in [1.54, 1.807) is 22.5 Å². The maximum absolute atomic E-state index is 12.7. The lowest BCUT2D eigenvalue weighted by Crippen LogP contribution is -2.16. The average Bonchev–Trinajstić information content (AvgIpc) is 3.36. The van der Waals surface area contributed by atoms with Gasteiger partial charge in [0.25, 0.3) is 5.91 Å². The third-order valence-electron chi connectivity index (χ3n) is 4.35. The third kappa shape index (κ3) is 3.24. The zero-order valence-corrected chi connectivity index (χ0v) is 16.9. The fraction of sp³-hybridized carbons (Fsp3) is 0.263. The summed E-state index contributed by atoms with van der Waals surface area (Å²) in [6.07, 6.45) is 0. The first-order valence-electron chi connectivity index (χ1n) is 8.86. The molecule has 1 aromatic carbocycles. The molecule has 1 amide bonds. The Balaban J connectivity index is 1.67. The molecule has 8 nitrogen and oxygen atoms in total. The van der Waals surface area contributed by atoms with Crippen molar-refractivity contribution in [3.8, 4) is 10.9 Å². The number of aromatic nitrogens is 5. The summed E-state index contributed by atoms with van der Waals surface area (Å²) in [6, 6.07) is 9.33. The van der Waals surface area contributed by atoms with Crippen molar-refractivity contribution in [2.24, 2.45) is 0 Å². The van der Waals surface area contributed by atoms with Gasteiger partial charge in [0.05, 0.1) is 23.0 Å². The first-order valence-corrected chi connectivity index (χ1v) is 9.67. The van der Waals surface area contributed by atoms with Crippen LogP contribution in [0.15, 0.2) is 30.3 Å². The van der Waals surface area contributed by atoms with Gasteiger partial charge in [-0.2, -0.15) is 14.9 Å². The highest BCUT2D eigenvalue weighted by molar-refractivity contribution is 7.20. The van der Waals surface area contributed by atoms with E-state index in [0.717, 1.165) is 27.4 Å². The number of rotatable bonds is 5. The maximum Gasteiger partial charge on any atom is 0.277 e. The lowest BCUT2D eigenvalue weighted by atomic mass is 10.3. The van der Waals surface area contributed by atoms with Crippen LogP contribution in [0.4, 0.5) is 5.82 Å². The van der Waals surface area contributed by atoms with Gasteiger partial charge in [-0.1, -0.05) is 11.3 Å². The van der Waals surface area contributed by atoms with Crippen LogP contribution >= 0.6 is 11.3 Å². The van der Waals surface area contributed by atoms with E-state index < -0.39 is 0 Å². The van der Waals surface area contributed by atoms with Gasteiger partial charge >= 0.3 is 0 Å². The summed E-state index contributed by atoms with van der Waals surface area (Å²) in [5.74, 6) is 1.02. The molecule has 0 aliphatic carbocycles. The van der Waals surface area contributed by atoms with Gasteiger partial charge in [0.2, 0.25) is 5.13 Å². The molecule has 0 saturated carbocycles. The molecule has 0 aliphatic heterocycles. The van der Waals surface area contributed by atoms with Gasteiger partial charge in [0, 0.05) is 24.4 Å². The van der Waals surface area contributed by atoms with Crippen LogP contribution in [-0.2, 0) is 6.54 Å². The van der Waals surface area contributed by atoms with E-state index >= 15 is 0 Å². The second kappa shape index (κ2) is 7.08. The number of aryl methyl sites for hydroxylation is 3. The van der Waals surface area contributed by atoms with Crippen molar-refractivity contribution >= 4 is 33.3 Å². The van der Waals surface area contributed by atoms with Gasteiger partial charge in [-0.05, 0) is 39.0 Å². The highest BCUT2D eigenvalue weighted by atomic mass is 32.1. The Morgan fingerprint density at radius 1 is 1.21 bits per heavy atom. The molecule has 9 heteroatoms. The van der Waals surface area contributed by atoms with Crippen LogP contribution in [0.1, 0.15) is 28.8 Å². The van der Waals surface area contributed by atoms with Crippen molar-refractivity contribution < 1.29 is 9.53 Å². The minimum Gasteiger partial charge on any atom is -0.497 e. The Hall–Kier alpha value is -3.20. The third-order valence-corrected chi connectivity index (χ3v) is 5.36. The van der Waals surface area contributed by atoms with Crippen LogP contribution in [0.3, 0.4) is 0 Å². The van der Waals surface area contributed by atoms with E-state index in [1.807, 2.05) is 45.0 Å². The molecule has 4 rings (SSSR count). The van der Waals surface area contributed by atoms with Gasteiger partial charge in [-0.15, -0.1) is 0 Å². The molecule has 0 saturated heterocycles.